The summed E-state index contributed by atoms with van der Waals surface area (Å²) in [4.78, 5) is 22.1. The summed E-state index contributed by atoms with van der Waals surface area (Å²) in [6.07, 6.45) is 2.26. The Labute approximate surface area is 158 Å². The van der Waals surface area contributed by atoms with Crippen LogP contribution in [0.4, 0.5) is 0 Å². The quantitative estimate of drug-likeness (QED) is 0.615. The van der Waals surface area contributed by atoms with E-state index in [0.29, 0.717) is 5.92 Å². The third-order valence-electron chi connectivity index (χ3n) is 4.96. The van der Waals surface area contributed by atoms with Gasteiger partial charge in [0, 0.05) is 11.3 Å². The molecular weight excluding hydrogens is 344 g/mol. The molecule has 0 aliphatic heterocycles. The van der Waals surface area contributed by atoms with E-state index in [0.717, 1.165) is 34.6 Å². The maximum absolute atomic E-state index is 12.7. The van der Waals surface area contributed by atoms with Gasteiger partial charge in [-0.15, -0.1) is 0 Å². The van der Waals surface area contributed by atoms with Gasteiger partial charge in [-0.05, 0) is 38.7 Å². The lowest BCUT2D eigenvalue weighted by Gasteiger charge is -2.28. The Balaban J connectivity index is 1.84. The zero-order chi connectivity index (χ0) is 18.9. The first-order chi connectivity index (χ1) is 12.3. The third-order valence-corrected chi connectivity index (χ3v) is 6.06. The van der Waals surface area contributed by atoms with Crippen LogP contribution in [0.2, 0.25) is 0 Å². The fourth-order valence-corrected chi connectivity index (χ4v) is 3.51. The Morgan fingerprint density at radius 3 is 2.62 bits per heavy atom. The first-order valence-electron chi connectivity index (χ1n) is 9.00. The van der Waals surface area contributed by atoms with Crippen LogP contribution in [0.1, 0.15) is 52.3 Å². The van der Waals surface area contributed by atoms with E-state index >= 15 is 0 Å². The lowest BCUT2D eigenvalue weighted by molar-refractivity contribution is -0.121. The SMILES string of the molecule is CC(C)[C@@](C)(C#N)NC(=O)[C@H](C)Sc1nc(C2CC2)nc2ccccc12. The zero-order valence-electron chi connectivity index (χ0n) is 15.6. The van der Waals surface area contributed by atoms with E-state index in [1.807, 2.05) is 45.0 Å². The average molecular weight is 369 g/mol. The number of aromatic nitrogens is 2. The first kappa shape index (κ1) is 18.7. The third kappa shape index (κ3) is 3.83. The molecule has 0 spiro atoms. The smallest absolute Gasteiger partial charge is 0.234 e. The minimum atomic E-state index is -0.876. The highest BCUT2D eigenvalue weighted by Gasteiger charge is 2.32. The van der Waals surface area contributed by atoms with Gasteiger partial charge in [0.15, 0.2) is 0 Å². The van der Waals surface area contributed by atoms with Gasteiger partial charge in [-0.25, -0.2) is 9.97 Å². The van der Waals surface area contributed by atoms with Crippen LogP contribution >= 0.6 is 11.8 Å². The molecule has 26 heavy (non-hydrogen) atoms. The van der Waals surface area contributed by atoms with E-state index in [2.05, 4.69) is 16.4 Å². The predicted octanol–water partition coefficient (Wildman–Crippen LogP) is 4.04. The topological polar surface area (TPSA) is 78.7 Å². The van der Waals surface area contributed by atoms with Crippen molar-refractivity contribution in [2.24, 2.45) is 5.92 Å². The van der Waals surface area contributed by atoms with E-state index in [1.54, 1.807) is 6.92 Å². The number of hydrogen-bond acceptors (Lipinski definition) is 5. The predicted molar refractivity (Wildman–Crippen MR) is 104 cm³/mol. The van der Waals surface area contributed by atoms with E-state index in [9.17, 15) is 10.1 Å². The lowest BCUT2D eigenvalue weighted by atomic mass is 9.90. The van der Waals surface area contributed by atoms with Gasteiger partial charge in [-0.3, -0.25) is 4.79 Å². The molecule has 6 heteroatoms. The van der Waals surface area contributed by atoms with Crippen LogP contribution in [-0.4, -0.2) is 26.7 Å². The second-order valence-electron chi connectivity index (χ2n) is 7.40. The number of nitrogens with zero attached hydrogens (tertiary/aromatic N) is 3. The van der Waals surface area contributed by atoms with Crippen LogP contribution < -0.4 is 5.32 Å². The molecule has 3 rings (SSSR count). The van der Waals surface area contributed by atoms with Gasteiger partial charge in [-0.1, -0.05) is 43.8 Å². The number of fused-ring (bicyclic) bond motifs is 1. The molecule has 1 aliphatic rings. The minimum absolute atomic E-state index is 0.0231. The van der Waals surface area contributed by atoms with Crippen molar-refractivity contribution in [1.82, 2.24) is 15.3 Å². The van der Waals surface area contributed by atoms with Crippen molar-refractivity contribution in [2.75, 3.05) is 0 Å². The zero-order valence-corrected chi connectivity index (χ0v) is 16.4. The molecule has 5 nitrogen and oxygen atoms in total. The molecule has 1 fully saturated rings. The Morgan fingerprint density at radius 1 is 1.31 bits per heavy atom. The maximum atomic E-state index is 12.7. The Kier molecular flexibility index (Phi) is 5.19. The molecule has 1 N–H and O–H groups in total. The van der Waals surface area contributed by atoms with E-state index in [4.69, 9.17) is 4.98 Å². The van der Waals surface area contributed by atoms with E-state index in [1.165, 1.54) is 11.8 Å². The van der Waals surface area contributed by atoms with Crippen molar-refractivity contribution in [3.8, 4) is 6.07 Å². The number of thioether (sulfide) groups is 1. The highest BCUT2D eigenvalue weighted by molar-refractivity contribution is 8.00. The number of para-hydroxylation sites is 1. The number of carbonyl (C=O) groups is 1. The number of benzene rings is 1. The number of rotatable bonds is 6. The second-order valence-corrected chi connectivity index (χ2v) is 8.73. The maximum Gasteiger partial charge on any atom is 0.234 e. The Morgan fingerprint density at radius 2 is 2.00 bits per heavy atom. The fraction of sp³-hybridized carbons (Fsp3) is 0.500. The summed E-state index contributed by atoms with van der Waals surface area (Å²) in [5.41, 5.74) is 0.0438. The van der Waals surface area contributed by atoms with Gasteiger partial charge in [0.1, 0.15) is 16.4 Å². The molecule has 0 bridgehead atoms. The van der Waals surface area contributed by atoms with Crippen LogP contribution in [0.3, 0.4) is 0 Å². The first-order valence-corrected chi connectivity index (χ1v) is 9.88. The largest absolute Gasteiger partial charge is 0.337 e. The molecule has 136 valence electrons. The standard InChI is InChI=1S/C20H24N4OS/c1-12(2)20(4,11-21)24-18(25)13(3)26-19-15-7-5-6-8-16(15)22-17(23-19)14-9-10-14/h5-8,12-14H,9-10H2,1-4H3,(H,24,25)/t13-,20+/m0/s1. The van der Waals surface area contributed by atoms with Crippen LogP contribution in [0, 0.1) is 17.2 Å². The van der Waals surface area contributed by atoms with Gasteiger partial charge in [0.25, 0.3) is 0 Å². The van der Waals surface area contributed by atoms with E-state index in [-0.39, 0.29) is 17.1 Å². The van der Waals surface area contributed by atoms with Crippen LogP contribution in [0.25, 0.3) is 10.9 Å². The fourth-order valence-electron chi connectivity index (χ4n) is 2.56. The van der Waals surface area contributed by atoms with Crippen molar-refractivity contribution in [3.63, 3.8) is 0 Å². The molecule has 2 atom stereocenters. The summed E-state index contributed by atoms with van der Waals surface area (Å²) >= 11 is 1.43. The molecule has 1 aliphatic carbocycles. The molecule has 0 saturated heterocycles. The number of nitrogens with one attached hydrogen (secondary N) is 1. The van der Waals surface area contributed by atoms with Gasteiger partial charge < -0.3 is 5.32 Å². The van der Waals surface area contributed by atoms with Crippen molar-refractivity contribution in [1.29, 1.82) is 5.26 Å². The number of hydrogen-bond donors (Lipinski definition) is 1. The van der Waals surface area contributed by atoms with Crippen molar-refractivity contribution < 1.29 is 4.79 Å². The van der Waals surface area contributed by atoms with Crippen molar-refractivity contribution >= 4 is 28.6 Å². The van der Waals surface area contributed by atoms with Crippen LogP contribution in [0.5, 0.6) is 0 Å². The summed E-state index contributed by atoms with van der Waals surface area (Å²) < 4.78 is 0. The average Bonchev–Trinajstić information content (AvgIpc) is 3.46. The summed E-state index contributed by atoms with van der Waals surface area (Å²) in [6.45, 7) is 7.48. The van der Waals surface area contributed by atoms with Crippen LogP contribution in [0.15, 0.2) is 29.3 Å². The van der Waals surface area contributed by atoms with Gasteiger partial charge in [-0.2, -0.15) is 5.26 Å². The highest BCUT2D eigenvalue weighted by Crippen LogP contribution is 2.40. The molecule has 0 radical (unpaired) electrons. The second kappa shape index (κ2) is 7.24. The number of nitriles is 1. The number of amides is 1. The van der Waals surface area contributed by atoms with Gasteiger partial charge in [0.2, 0.25) is 5.91 Å². The summed E-state index contributed by atoms with van der Waals surface area (Å²) in [5, 5.41) is 13.8. The lowest BCUT2D eigenvalue weighted by Crippen LogP contribution is -2.51. The number of carbonyl (C=O) groups excluding carboxylic acids is 1. The van der Waals surface area contributed by atoms with Crippen molar-refractivity contribution in [2.45, 2.75) is 62.3 Å². The van der Waals surface area contributed by atoms with Gasteiger partial charge in [0.05, 0.1) is 16.8 Å². The molecule has 0 unspecified atom stereocenters. The van der Waals surface area contributed by atoms with E-state index < -0.39 is 5.54 Å². The molecular formula is C20H24N4OS. The normalized spacial score (nSPS) is 17.5. The molecule has 1 aromatic carbocycles. The van der Waals surface area contributed by atoms with Crippen molar-refractivity contribution in [3.05, 3.63) is 30.1 Å². The highest BCUT2D eigenvalue weighted by atomic mass is 32.2. The summed E-state index contributed by atoms with van der Waals surface area (Å²) in [7, 11) is 0. The molecule has 1 saturated carbocycles. The molecule has 1 amide bonds. The molecule has 1 heterocycles. The van der Waals surface area contributed by atoms with Gasteiger partial charge >= 0.3 is 0 Å². The Bertz CT molecular complexity index is 872. The monoisotopic (exact) mass is 368 g/mol. The summed E-state index contributed by atoms with van der Waals surface area (Å²) in [6, 6.07) is 10.1. The van der Waals surface area contributed by atoms with Crippen LogP contribution in [-0.2, 0) is 4.79 Å². The minimum Gasteiger partial charge on any atom is -0.337 e. The summed E-state index contributed by atoms with van der Waals surface area (Å²) in [5.74, 6) is 1.20. The Hall–Kier alpha value is -2.13. The molecule has 1 aromatic heterocycles. The molecule has 2 aromatic rings.